The van der Waals surface area contributed by atoms with Crippen LogP contribution in [0.2, 0.25) is 0 Å². The Hall–Kier alpha value is -1.39. The van der Waals surface area contributed by atoms with Gasteiger partial charge in [-0.05, 0) is 31.4 Å². The first-order valence-corrected chi connectivity index (χ1v) is 8.18. The molecule has 0 radical (unpaired) electrons. The summed E-state index contributed by atoms with van der Waals surface area (Å²) in [6, 6.07) is 12.8. The monoisotopic (exact) mass is 346 g/mol. The smallest absolute Gasteiger partial charge is 0.0898 e. The molecule has 4 heteroatoms. The van der Waals surface area contributed by atoms with Crippen LogP contribution in [0.3, 0.4) is 0 Å². The van der Waals surface area contributed by atoms with Gasteiger partial charge in [-0.3, -0.25) is 0 Å². The molecule has 1 atom stereocenters. The molecule has 0 saturated carbocycles. The summed E-state index contributed by atoms with van der Waals surface area (Å²) in [5.41, 5.74) is 2.24. The van der Waals surface area contributed by atoms with Gasteiger partial charge in [-0.15, -0.1) is 11.3 Å². The molecule has 1 aromatic heterocycles. The molecule has 0 saturated heterocycles. The van der Waals surface area contributed by atoms with Gasteiger partial charge in [0.15, 0.2) is 0 Å². The van der Waals surface area contributed by atoms with Crippen LogP contribution in [0.4, 0.5) is 5.69 Å². The normalized spacial score (nSPS) is 12.6. The minimum absolute atomic E-state index is 0.199. The summed E-state index contributed by atoms with van der Waals surface area (Å²) in [6.45, 7) is 4.18. The van der Waals surface area contributed by atoms with Crippen LogP contribution < -0.4 is 5.32 Å². The third-order valence-electron chi connectivity index (χ3n) is 3.32. The Balaban J connectivity index is 1.97. The van der Waals surface area contributed by atoms with Crippen molar-refractivity contribution in [2.45, 2.75) is 19.9 Å². The minimum atomic E-state index is 0.199. The zero-order chi connectivity index (χ0) is 14.1. The molecular formula is C16H15BrN2S. The molecule has 2 aromatic carbocycles. The standard InChI is InChI=1S/C16H15BrN2S/c1-10(16-9-20-11(2)19-16)18-15-8-7-14(17)12-5-3-4-6-13(12)15/h3-10,18H,1-2H3. The molecule has 1 N–H and O–H groups in total. The average molecular weight is 347 g/mol. The molecule has 0 aliphatic heterocycles. The summed E-state index contributed by atoms with van der Waals surface area (Å²) in [5.74, 6) is 0. The minimum Gasteiger partial charge on any atom is -0.376 e. The van der Waals surface area contributed by atoms with E-state index in [0.717, 1.165) is 20.9 Å². The third kappa shape index (κ3) is 2.58. The number of thiazole rings is 1. The Bertz CT molecular complexity index is 751. The maximum absolute atomic E-state index is 4.55. The van der Waals surface area contributed by atoms with Gasteiger partial charge in [-0.2, -0.15) is 0 Å². The van der Waals surface area contributed by atoms with E-state index in [1.54, 1.807) is 11.3 Å². The highest BCUT2D eigenvalue weighted by Crippen LogP contribution is 2.32. The molecule has 0 amide bonds. The molecule has 0 aliphatic carbocycles. The van der Waals surface area contributed by atoms with E-state index in [0.29, 0.717) is 0 Å². The summed E-state index contributed by atoms with van der Waals surface area (Å²) in [6.07, 6.45) is 0. The SMILES string of the molecule is Cc1nc(C(C)Nc2ccc(Br)c3ccccc23)cs1. The van der Waals surface area contributed by atoms with Gasteiger partial charge >= 0.3 is 0 Å². The van der Waals surface area contributed by atoms with Gasteiger partial charge in [0.25, 0.3) is 0 Å². The third-order valence-corrected chi connectivity index (χ3v) is 4.81. The van der Waals surface area contributed by atoms with E-state index in [2.05, 4.69) is 74.9 Å². The van der Waals surface area contributed by atoms with Crippen LogP contribution >= 0.6 is 27.3 Å². The highest BCUT2D eigenvalue weighted by atomic mass is 79.9. The van der Waals surface area contributed by atoms with Crippen molar-refractivity contribution in [3.05, 3.63) is 57.0 Å². The van der Waals surface area contributed by atoms with Crippen molar-refractivity contribution < 1.29 is 0 Å². The molecule has 2 nitrogen and oxygen atoms in total. The Labute approximate surface area is 131 Å². The van der Waals surface area contributed by atoms with E-state index in [9.17, 15) is 0 Å². The number of halogens is 1. The van der Waals surface area contributed by atoms with Gasteiger partial charge in [-0.1, -0.05) is 40.2 Å². The number of benzene rings is 2. The van der Waals surface area contributed by atoms with Crippen molar-refractivity contribution in [3.8, 4) is 0 Å². The fraction of sp³-hybridized carbons (Fsp3) is 0.188. The quantitative estimate of drug-likeness (QED) is 0.673. The molecule has 0 bridgehead atoms. The number of nitrogens with one attached hydrogen (secondary N) is 1. The molecule has 0 aliphatic rings. The van der Waals surface area contributed by atoms with Crippen LogP contribution in [0.25, 0.3) is 10.8 Å². The Morgan fingerprint density at radius 3 is 2.60 bits per heavy atom. The van der Waals surface area contributed by atoms with Gasteiger partial charge < -0.3 is 5.32 Å². The molecule has 102 valence electrons. The van der Waals surface area contributed by atoms with Gasteiger partial charge in [0.05, 0.1) is 16.7 Å². The lowest BCUT2D eigenvalue weighted by molar-refractivity contribution is 0.847. The second-order valence-corrected chi connectivity index (χ2v) is 6.71. The van der Waals surface area contributed by atoms with E-state index in [1.807, 2.05) is 6.92 Å². The maximum atomic E-state index is 4.55. The predicted molar refractivity (Wildman–Crippen MR) is 90.5 cm³/mol. The van der Waals surface area contributed by atoms with E-state index < -0.39 is 0 Å². The number of nitrogens with zero attached hydrogens (tertiary/aromatic N) is 1. The second kappa shape index (κ2) is 5.54. The van der Waals surface area contributed by atoms with Crippen molar-refractivity contribution in [2.24, 2.45) is 0 Å². The summed E-state index contributed by atoms with van der Waals surface area (Å²) < 4.78 is 1.12. The first kappa shape index (κ1) is 13.6. The number of aromatic nitrogens is 1. The summed E-state index contributed by atoms with van der Waals surface area (Å²) in [4.78, 5) is 4.55. The first-order chi connectivity index (χ1) is 9.65. The lowest BCUT2D eigenvalue weighted by Crippen LogP contribution is -2.07. The van der Waals surface area contributed by atoms with Crippen LogP contribution in [0.1, 0.15) is 23.7 Å². The average Bonchev–Trinajstić information content (AvgIpc) is 2.89. The zero-order valence-corrected chi connectivity index (χ0v) is 13.8. The zero-order valence-electron chi connectivity index (χ0n) is 11.4. The van der Waals surface area contributed by atoms with Gasteiger partial charge in [0.2, 0.25) is 0 Å². The number of rotatable bonds is 3. The lowest BCUT2D eigenvalue weighted by atomic mass is 10.1. The molecule has 20 heavy (non-hydrogen) atoms. The lowest BCUT2D eigenvalue weighted by Gasteiger charge is -2.16. The van der Waals surface area contributed by atoms with E-state index in [4.69, 9.17) is 0 Å². The van der Waals surface area contributed by atoms with Crippen molar-refractivity contribution in [1.29, 1.82) is 0 Å². The van der Waals surface area contributed by atoms with Crippen LogP contribution in [0, 0.1) is 6.92 Å². The van der Waals surface area contributed by atoms with Crippen molar-refractivity contribution in [1.82, 2.24) is 4.98 Å². The Kier molecular flexibility index (Phi) is 3.76. The number of anilines is 1. The van der Waals surface area contributed by atoms with Crippen LogP contribution in [0.5, 0.6) is 0 Å². The predicted octanol–water partition coefficient (Wildman–Crippen LogP) is 5.54. The number of aryl methyl sites for hydroxylation is 1. The first-order valence-electron chi connectivity index (χ1n) is 6.51. The topological polar surface area (TPSA) is 24.9 Å². The molecule has 1 heterocycles. The van der Waals surface area contributed by atoms with Crippen molar-refractivity contribution in [3.63, 3.8) is 0 Å². The number of hydrogen-bond acceptors (Lipinski definition) is 3. The van der Waals surface area contributed by atoms with Crippen molar-refractivity contribution >= 4 is 43.7 Å². The Morgan fingerprint density at radius 1 is 1.15 bits per heavy atom. The molecule has 3 aromatic rings. The van der Waals surface area contributed by atoms with E-state index in [1.165, 1.54) is 10.8 Å². The highest BCUT2D eigenvalue weighted by molar-refractivity contribution is 9.10. The molecule has 3 rings (SSSR count). The molecule has 1 unspecified atom stereocenters. The van der Waals surface area contributed by atoms with Crippen LogP contribution in [-0.2, 0) is 0 Å². The largest absolute Gasteiger partial charge is 0.376 e. The van der Waals surface area contributed by atoms with Crippen molar-refractivity contribution in [2.75, 3.05) is 5.32 Å². The molecule has 0 fully saturated rings. The molecular weight excluding hydrogens is 332 g/mol. The van der Waals surface area contributed by atoms with Gasteiger partial charge in [0, 0.05) is 20.9 Å². The fourth-order valence-electron chi connectivity index (χ4n) is 2.27. The van der Waals surface area contributed by atoms with E-state index >= 15 is 0 Å². The summed E-state index contributed by atoms with van der Waals surface area (Å²) >= 11 is 5.30. The number of hydrogen-bond donors (Lipinski definition) is 1. The highest BCUT2D eigenvalue weighted by Gasteiger charge is 2.11. The fourth-order valence-corrected chi connectivity index (χ4v) is 3.46. The Morgan fingerprint density at radius 2 is 1.90 bits per heavy atom. The van der Waals surface area contributed by atoms with Crippen LogP contribution in [-0.4, -0.2) is 4.98 Å². The summed E-state index contributed by atoms with van der Waals surface area (Å²) in [7, 11) is 0. The second-order valence-electron chi connectivity index (χ2n) is 4.80. The maximum Gasteiger partial charge on any atom is 0.0898 e. The van der Waals surface area contributed by atoms with Gasteiger partial charge in [-0.25, -0.2) is 4.98 Å². The number of fused-ring (bicyclic) bond motifs is 1. The van der Waals surface area contributed by atoms with Crippen LogP contribution in [0.15, 0.2) is 46.3 Å². The van der Waals surface area contributed by atoms with E-state index in [-0.39, 0.29) is 6.04 Å². The molecule has 0 spiro atoms. The van der Waals surface area contributed by atoms with Gasteiger partial charge in [0.1, 0.15) is 0 Å². The summed E-state index contributed by atoms with van der Waals surface area (Å²) in [5, 5.41) is 9.23.